The van der Waals surface area contributed by atoms with Gasteiger partial charge >= 0.3 is 6.03 Å². The lowest BCUT2D eigenvalue weighted by molar-refractivity contribution is 0.251. The van der Waals surface area contributed by atoms with Crippen LogP contribution in [0, 0.1) is 0 Å². The summed E-state index contributed by atoms with van der Waals surface area (Å²) in [7, 11) is 0. The molecular weight excluding hydrogens is 286 g/mol. The molecule has 0 saturated heterocycles. The number of carbonyl (C=O) groups excluding carboxylic acids is 1. The molecule has 2 aromatic carbocycles. The Morgan fingerprint density at radius 2 is 1.76 bits per heavy atom. The summed E-state index contributed by atoms with van der Waals surface area (Å²) in [6.45, 7) is 0.509. The lowest BCUT2D eigenvalue weighted by atomic mass is 10.1. The summed E-state index contributed by atoms with van der Waals surface area (Å²) in [6, 6.07) is 16.4. The Balaban J connectivity index is 1.73. The van der Waals surface area contributed by atoms with Gasteiger partial charge in [-0.15, -0.1) is 0 Å². The third kappa shape index (κ3) is 5.10. The van der Waals surface area contributed by atoms with Crippen molar-refractivity contribution in [2.24, 2.45) is 5.73 Å². The van der Waals surface area contributed by atoms with Gasteiger partial charge in [0.05, 0.1) is 0 Å². The summed E-state index contributed by atoms with van der Waals surface area (Å²) in [5, 5.41) is 6.15. The summed E-state index contributed by atoms with van der Waals surface area (Å²) in [6.07, 6.45) is 0.679. The Labute approximate surface area is 129 Å². The fourth-order valence-electron chi connectivity index (χ4n) is 1.92. The number of anilines is 1. The van der Waals surface area contributed by atoms with Gasteiger partial charge in [0, 0.05) is 23.3 Å². The van der Waals surface area contributed by atoms with Crippen molar-refractivity contribution < 1.29 is 4.79 Å². The molecule has 0 aromatic heterocycles. The molecule has 21 heavy (non-hydrogen) atoms. The van der Waals surface area contributed by atoms with E-state index in [2.05, 4.69) is 10.6 Å². The summed E-state index contributed by atoms with van der Waals surface area (Å²) < 4.78 is 0. The summed E-state index contributed by atoms with van der Waals surface area (Å²) >= 11 is 5.78. The van der Waals surface area contributed by atoms with E-state index in [9.17, 15) is 4.79 Å². The number of hydrogen-bond acceptors (Lipinski definition) is 2. The van der Waals surface area contributed by atoms with Gasteiger partial charge in [0.2, 0.25) is 0 Å². The molecule has 4 nitrogen and oxygen atoms in total. The third-order valence-electron chi connectivity index (χ3n) is 3.07. The second-order valence-electron chi connectivity index (χ2n) is 4.69. The van der Waals surface area contributed by atoms with Gasteiger partial charge in [0.25, 0.3) is 0 Å². The molecule has 0 bridgehead atoms. The van der Waals surface area contributed by atoms with Crippen LogP contribution in [0.4, 0.5) is 10.5 Å². The molecule has 0 aliphatic rings. The molecular formula is C16H18ClN3O. The Kier molecular flexibility index (Phi) is 5.60. The first kappa shape index (κ1) is 15.4. The zero-order valence-electron chi connectivity index (χ0n) is 11.6. The molecule has 1 atom stereocenters. The van der Waals surface area contributed by atoms with Crippen LogP contribution in [-0.2, 0) is 0 Å². The van der Waals surface area contributed by atoms with E-state index in [1.807, 2.05) is 30.3 Å². The monoisotopic (exact) mass is 303 g/mol. The maximum Gasteiger partial charge on any atom is 0.319 e. The lowest BCUT2D eigenvalue weighted by Gasteiger charge is -2.13. The molecule has 0 spiro atoms. The number of rotatable bonds is 5. The van der Waals surface area contributed by atoms with Crippen LogP contribution in [0.25, 0.3) is 0 Å². The van der Waals surface area contributed by atoms with E-state index in [4.69, 9.17) is 17.3 Å². The van der Waals surface area contributed by atoms with Crippen molar-refractivity contribution in [3.63, 3.8) is 0 Å². The van der Waals surface area contributed by atoms with Crippen molar-refractivity contribution in [3.05, 3.63) is 65.2 Å². The molecule has 2 aromatic rings. The minimum Gasteiger partial charge on any atom is -0.338 e. The smallest absolute Gasteiger partial charge is 0.319 e. The SMILES string of the molecule is NC(CCNC(=O)Nc1ccc(Cl)cc1)c1ccccc1. The highest BCUT2D eigenvalue weighted by molar-refractivity contribution is 6.30. The van der Waals surface area contributed by atoms with Crippen LogP contribution < -0.4 is 16.4 Å². The Bertz CT molecular complexity index is 572. The first-order chi connectivity index (χ1) is 10.1. The van der Waals surface area contributed by atoms with Gasteiger partial charge < -0.3 is 16.4 Å². The van der Waals surface area contributed by atoms with E-state index in [1.54, 1.807) is 24.3 Å². The van der Waals surface area contributed by atoms with E-state index in [0.29, 0.717) is 23.7 Å². The van der Waals surface area contributed by atoms with Crippen molar-refractivity contribution >= 4 is 23.3 Å². The molecule has 0 heterocycles. The first-order valence-corrected chi connectivity index (χ1v) is 7.14. The first-order valence-electron chi connectivity index (χ1n) is 6.76. The quantitative estimate of drug-likeness (QED) is 0.790. The Morgan fingerprint density at radius 1 is 1.10 bits per heavy atom. The maximum absolute atomic E-state index is 11.7. The predicted octanol–water partition coefficient (Wildman–Crippen LogP) is 3.55. The predicted molar refractivity (Wildman–Crippen MR) is 86.5 cm³/mol. The van der Waals surface area contributed by atoms with Gasteiger partial charge in [-0.25, -0.2) is 4.79 Å². The van der Waals surface area contributed by atoms with Crippen LogP contribution in [0.3, 0.4) is 0 Å². The Hall–Kier alpha value is -2.04. The van der Waals surface area contributed by atoms with Crippen molar-refractivity contribution in [2.75, 3.05) is 11.9 Å². The number of halogens is 1. The van der Waals surface area contributed by atoms with Gasteiger partial charge in [-0.2, -0.15) is 0 Å². The fourth-order valence-corrected chi connectivity index (χ4v) is 2.04. The van der Waals surface area contributed by atoms with Gasteiger partial charge in [-0.3, -0.25) is 0 Å². The van der Waals surface area contributed by atoms with E-state index in [1.165, 1.54) is 0 Å². The molecule has 110 valence electrons. The van der Waals surface area contributed by atoms with Crippen LogP contribution in [0.2, 0.25) is 5.02 Å². The number of benzene rings is 2. The van der Waals surface area contributed by atoms with Crippen molar-refractivity contribution in [1.29, 1.82) is 0 Å². The van der Waals surface area contributed by atoms with Gasteiger partial charge in [0.15, 0.2) is 0 Å². The van der Waals surface area contributed by atoms with E-state index < -0.39 is 0 Å². The van der Waals surface area contributed by atoms with Crippen molar-refractivity contribution in [2.45, 2.75) is 12.5 Å². The average Bonchev–Trinajstić information content (AvgIpc) is 2.50. The maximum atomic E-state index is 11.7. The molecule has 0 aliphatic heterocycles. The van der Waals surface area contributed by atoms with Gasteiger partial charge in [-0.1, -0.05) is 41.9 Å². The highest BCUT2D eigenvalue weighted by Gasteiger charge is 2.06. The molecule has 0 saturated carbocycles. The molecule has 4 N–H and O–H groups in total. The summed E-state index contributed by atoms with van der Waals surface area (Å²) in [5.74, 6) is 0. The molecule has 0 fully saturated rings. The van der Waals surface area contributed by atoms with Gasteiger partial charge in [-0.05, 0) is 36.2 Å². The number of urea groups is 1. The number of hydrogen-bond donors (Lipinski definition) is 3. The lowest BCUT2D eigenvalue weighted by Crippen LogP contribution is -2.31. The van der Waals surface area contributed by atoms with Crippen LogP contribution >= 0.6 is 11.6 Å². The average molecular weight is 304 g/mol. The van der Waals surface area contributed by atoms with E-state index >= 15 is 0 Å². The molecule has 1 unspecified atom stereocenters. The van der Waals surface area contributed by atoms with E-state index in [-0.39, 0.29) is 12.1 Å². The number of nitrogens with one attached hydrogen (secondary N) is 2. The van der Waals surface area contributed by atoms with Crippen LogP contribution in [-0.4, -0.2) is 12.6 Å². The zero-order chi connectivity index (χ0) is 15.1. The molecule has 0 radical (unpaired) electrons. The van der Waals surface area contributed by atoms with Crippen molar-refractivity contribution in [1.82, 2.24) is 5.32 Å². The van der Waals surface area contributed by atoms with Crippen LogP contribution in [0.1, 0.15) is 18.0 Å². The highest BCUT2D eigenvalue weighted by Crippen LogP contribution is 2.14. The molecule has 2 rings (SSSR count). The molecule has 2 amide bonds. The second-order valence-corrected chi connectivity index (χ2v) is 5.13. The molecule has 0 aliphatic carbocycles. The second kappa shape index (κ2) is 7.67. The topological polar surface area (TPSA) is 67.1 Å². The standard InChI is InChI=1S/C16H18ClN3O/c17-13-6-8-14(9-7-13)20-16(21)19-11-10-15(18)12-4-2-1-3-5-12/h1-9,15H,10-11,18H2,(H2,19,20,21). The van der Waals surface area contributed by atoms with Crippen LogP contribution in [0.15, 0.2) is 54.6 Å². The normalized spacial score (nSPS) is 11.7. The zero-order valence-corrected chi connectivity index (χ0v) is 12.3. The van der Waals surface area contributed by atoms with Crippen molar-refractivity contribution in [3.8, 4) is 0 Å². The molecule has 5 heteroatoms. The number of nitrogens with two attached hydrogens (primary N) is 1. The number of amides is 2. The highest BCUT2D eigenvalue weighted by atomic mass is 35.5. The van der Waals surface area contributed by atoms with E-state index in [0.717, 1.165) is 5.56 Å². The third-order valence-corrected chi connectivity index (χ3v) is 3.32. The largest absolute Gasteiger partial charge is 0.338 e. The minimum atomic E-state index is -0.252. The summed E-state index contributed by atoms with van der Waals surface area (Å²) in [4.78, 5) is 11.7. The van der Waals surface area contributed by atoms with Crippen LogP contribution in [0.5, 0.6) is 0 Å². The number of carbonyl (C=O) groups is 1. The minimum absolute atomic E-state index is 0.0815. The Morgan fingerprint density at radius 3 is 2.43 bits per heavy atom. The fraction of sp³-hybridized carbons (Fsp3) is 0.188. The summed E-state index contributed by atoms with van der Waals surface area (Å²) in [5.41, 5.74) is 7.83. The van der Waals surface area contributed by atoms with Gasteiger partial charge in [0.1, 0.15) is 0 Å².